The molecule has 148 valence electrons. The van der Waals surface area contributed by atoms with Crippen LogP contribution >= 0.6 is 23.2 Å². The molecule has 0 bridgehead atoms. The van der Waals surface area contributed by atoms with Crippen LogP contribution in [0.1, 0.15) is 32.6 Å². The van der Waals surface area contributed by atoms with E-state index in [9.17, 15) is 9.90 Å². The van der Waals surface area contributed by atoms with E-state index in [0.29, 0.717) is 30.3 Å². The third-order valence-corrected chi connectivity index (χ3v) is 8.52. The van der Waals surface area contributed by atoms with Crippen molar-refractivity contribution < 1.29 is 9.90 Å². The van der Waals surface area contributed by atoms with Crippen LogP contribution in [0.15, 0.2) is 0 Å². The van der Waals surface area contributed by atoms with Gasteiger partial charge in [-0.15, -0.1) is 23.2 Å². The molecule has 4 rings (SSSR count). The summed E-state index contributed by atoms with van der Waals surface area (Å²) in [5.41, 5.74) is 0. The summed E-state index contributed by atoms with van der Waals surface area (Å²) in [6.07, 6.45) is 4.48. The Balaban J connectivity index is 1.58. The molecule has 7 heteroatoms. The van der Waals surface area contributed by atoms with E-state index < -0.39 is 6.61 Å². The van der Waals surface area contributed by atoms with Crippen molar-refractivity contribution in [1.29, 1.82) is 0 Å². The third kappa shape index (κ3) is 3.28. The Bertz CT molecular complexity index is 531. The minimum absolute atomic E-state index is 0.00338. The Morgan fingerprint density at radius 2 is 1.92 bits per heavy atom. The first kappa shape index (κ1) is 19.3. The van der Waals surface area contributed by atoms with Gasteiger partial charge in [0.25, 0.3) is 0 Å². The smallest absolute Gasteiger partial charge is 0.248 e. The lowest BCUT2D eigenvalue weighted by molar-refractivity contribution is -0.140. The minimum Gasteiger partial charge on any atom is -0.387 e. The third-order valence-electron chi connectivity index (χ3n) is 7.37. The number of carbonyl (C=O) groups is 1. The van der Waals surface area contributed by atoms with Crippen LogP contribution in [0.25, 0.3) is 0 Å². The molecule has 4 aliphatic rings. The fourth-order valence-corrected chi connectivity index (χ4v) is 6.98. The number of hydrogen-bond donors (Lipinski definition) is 2. The number of hydrogen-bond acceptors (Lipinski definition) is 4. The predicted octanol–water partition coefficient (Wildman–Crippen LogP) is 1.50. The van der Waals surface area contributed by atoms with E-state index in [4.69, 9.17) is 23.2 Å². The standard InChI is InChI=1S/C19H31Cl2N3O2/c1-11-16-14(4-7-24(11)15(26)10-25)22-19-17(16)12(8-13(20)18(19)21)9-23-5-2-3-6-23/h11-14,16-19,22,25H,2-10H2,1H3/t11-,12?,13?,14?,16?,17?,18?,19?/m0/s1. The highest BCUT2D eigenvalue weighted by Gasteiger charge is 2.57. The van der Waals surface area contributed by atoms with Crippen LogP contribution < -0.4 is 5.32 Å². The normalized spacial score (nSPS) is 46.2. The number of nitrogens with zero attached hydrogens (tertiary/aromatic N) is 2. The van der Waals surface area contributed by atoms with E-state index >= 15 is 0 Å². The molecule has 3 saturated heterocycles. The lowest BCUT2D eigenvalue weighted by Crippen LogP contribution is -2.56. The van der Waals surface area contributed by atoms with E-state index in [1.807, 2.05) is 4.90 Å². The Kier molecular flexibility index (Phi) is 5.74. The first-order valence-electron chi connectivity index (χ1n) is 10.2. The molecular weight excluding hydrogens is 373 g/mol. The molecule has 8 atom stereocenters. The number of halogens is 2. The summed E-state index contributed by atoms with van der Waals surface area (Å²) >= 11 is 13.4. The van der Waals surface area contributed by atoms with Crippen LogP contribution in [0.4, 0.5) is 0 Å². The maximum absolute atomic E-state index is 12.2. The molecule has 2 N–H and O–H groups in total. The van der Waals surface area contributed by atoms with Crippen LogP contribution in [0.3, 0.4) is 0 Å². The van der Waals surface area contributed by atoms with Crippen molar-refractivity contribution in [3.63, 3.8) is 0 Å². The fraction of sp³-hybridized carbons (Fsp3) is 0.947. The molecule has 0 spiro atoms. The summed E-state index contributed by atoms with van der Waals surface area (Å²) in [7, 11) is 0. The second-order valence-electron chi connectivity index (χ2n) is 8.69. The number of aliphatic hydroxyl groups excluding tert-OH is 1. The molecule has 5 nitrogen and oxygen atoms in total. The van der Waals surface area contributed by atoms with Gasteiger partial charge in [-0.05, 0) is 63.5 Å². The molecule has 3 aliphatic heterocycles. The van der Waals surface area contributed by atoms with Gasteiger partial charge in [-0.1, -0.05) is 0 Å². The van der Waals surface area contributed by atoms with E-state index in [0.717, 1.165) is 19.4 Å². The van der Waals surface area contributed by atoms with Gasteiger partial charge in [0.2, 0.25) is 5.91 Å². The van der Waals surface area contributed by atoms with Crippen molar-refractivity contribution in [2.24, 2.45) is 17.8 Å². The average Bonchev–Trinajstić information content (AvgIpc) is 3.27. The molecule has 0 aromatic rings. The maximum Gasteiger partial charge on any atom is 0.248 e. The molecule has 26 heavy (non-hydrogen) atoms. The lowest BCUT2D eigenvalue weighted by atomic mass is 9.67. The number of amides is 1. The zero-order valence-electron chi connectivity index (χ0n) is 15.5. The molecule has 3 heterocycles. The number of piperidine rings is 1. The van der Waals surface area contributed by atoms with Gasteiger partial charge in [-0.25, -0.2) is 0 Å². The topological polar surface area (TPSA) is 55.8 Å². The van der Waals surface area contributed by atoms with Gasteiger partial charge in [0.15, 0.2) is 0 Å². The highest BCUT2D eigenvalue weighted by atomic mass is 35.5. The van der Waals surface area contributed by atoms with Crippen LogP contribution in [0.5, 0.6) is 0 Å². The van der Waals surface area contributed by atoms with Crippen LogP contribution in [0, 0.1) is 17.8 Å². The van der Waals surface area contributed by atoms with Crippen LogP contribution in [0.2, 0.25) is 0 Å². The maximum atomic E-state index is 12.2. The van der Waals surface area contributed by atoms with Gasteiger partial charge in [0, 0.05) is 31.2 Å². The Morgan fingerprint density at radius 3 is 2.62 bits per heavy atom. The summed E-state index contributed by atoms with van der Waals surface area (Å²) in [4.78, 5) is 16.7. The first-order chi connectivity index (χ1) is 12.5. The molecular formula is C19H31Cl2N3O2. The Morgan fingerprint density at radius 1 is 1.19 bits per heavy atom. The van der Waals surface area contributed by atoms with Crippen molar-refractivity contribution in [2.75, 3.05) is 32.8 Å². The van der Waals surface area contributed by atoms with Gasteiger partial charge < -0.3 is 20.2 Å². The van der Waals surface area contributed by atoms with Gasteiger partial charge in [-0.2, -0.15) is 0 Å². The predicted molar refractivity (Wildman–Crippen MR) is 104 cm³/mol. The number of likely N-dealkylation sites (tertiary alicyclic amines) is 2. The van der Waals surface area contributed by atoms with Crippen LogP contribution in [-0.2, 0) is 4.79 Å². The Hall–Kier alpha value is -0.0700. The highest BCUT2D eigenvalue weighted by molar-refractivity contribution is 6.30. The molecule has 0 aromatic heterocycles. The zero-order valence-corrected chi connectivity index (χ0v) is 17.0. The minimum atomic E-state index is -0.400. The van der Waals surface area contributed by atoms with Crippen LogP contribution in [-0.4, -0.2) is 82.5 Å². The van der Waals surface area contributed by atoms with E-state index in [2.05, 4.69) is 17.1 Å². The summed E-state index contributed by atoms with van der Waals surface area (Å²) in [6.45, 7) is 5.94. The zero-order chi connectivity index (χ0) is 18.4. The van der Waals surface area contributed by atoms with Crippen molar-refractivity contribution in [3.8, 4) is 0 Å². The largest absolute Gasteiger partial charge is 0.387 e. The summed E-state index contributed by atoms with van der Waals surface area (Å²) in [6, 6.07) is 0.752. The number of nitrogens with one attached hydrogen (secondary N) is 1. The van der Waals surface area contributed by atoms with Gasteiger partial charge in [0.1, 0.15) is 6.61 Å². The first-order valence-corrected chi connectivity index (χ1v) is 11.1. The van der Waals surface area contributed by atoms with Crippen molar-refractivity contribution in [3.05, 3.63) is 0 Å². The number of carbonyl (C=O) groups excluding carboxylic acids is 1. The van der Waals surface area contributed by atoms with Crippen molar-refractivity contribution >= 4 is 29.1 Å². The molecule has 0 aromatic carbocycles. The van der Waals surface area contributed by atoms with Gasteiger partial charge in [-0.3, -0.25) is 4.79 Å². The van der Waals surface area contributed by atoms with E-state index in [-0.39, 0.29) is 28.7 Å². The molecule has 1 amide bonds. The Labute approximate surface area is 166 Å². The molecule has 0 radical (unpaired) electrons. The number of alkyl halides is 2. The molecule has 1 aliphatic carbocycles. The number of rotatable bonds is 3. The van der Waals surface area contributed by atoms with Crippen molar-refractivity contribution in [2.45, 2.75) is 61.5 Å². The summed E-state index contributed by atoms with van der Waals surface area (Å²) < 4.78 is 0. The summed E-state index contributed by atoms with van der Waals surface area (Å²) in [5.74, 6) is 1.21. The second kappa shape index (κ2) is 7.75. The lowest BCUT2D eigenvalue weighted by Gasteiger charge is -2.47. The van der Waals surface area contributed by atoms with E-state index in [1.165, 1.54) is 25.9 Å². The molecule has 1 saturated carbocycles. The molecule has 4 fully saturated rings. The van der Waals surface area contributed by atoms with Crippen molar-refractivity contribution in [1.82, 2.24) is 15.1 Å². The molecule has 7 unspecified atom stereocenters. The fourth-order valence-electron chi connectivity index (χ4n) is 6.25. The highest BCUT2D eigenvalue weighted by Crippen LogP contribution is 2.49. The number of aliphatic hydroxyl groups is 1. The monoisotopic (exact) mass is 403 g/mol. The number of fused-ring (bicyclic) bond motifs is 3. The second-order valence-corrected chi connectivity index (χ2v) is 9.76. The van der Waals surface area contributed by atoms with E-state index in [1.54, 1.807) is 0 Å². The summed E-state index contributed by atoms with van der Waals surface area (Å²) in [5, 5.41) is 13.1. The SMILES string of the molecule is C[C@H]1C2C(CCN1C(=O)CO)NC1C(Cl)C(Cl)CC(CN3CCCC3)C12. The average molecular weight is 404 g/mol. The quantitative estimate of drug-likeness (QED) is 0.701. The van der Waals surface area contributed by atoms with Gasteiger partial charge >= 0.3 is 0 Å². The van der Waals surface area contributed by atoms with Gasteiger partial charge in [0.05, 0.1) is 10.8 Å².